The second-order valence-corrected chi connectivity index (χ2v) is 5.36. The van der Waals surface area contributed by atoms with E-state index in [1.54, 1.807) is 0 Å². The molecule has 15 heavy (non-hydrogen) atoms. The maximum atomic E-state index is 5.63. The Bertz CT molecular complexity index is 365. The summed E-state index contributed by atoms with van der Waals surface area (Å²) in [6.07, 6.45) is 0. The zero-order chi connectivity index (χ0) is 11.1. The number of ether oxygens (including phenoxy) is 1. The fraction of sp³-hybridized carbons (Fsp3) is 0.538. The minimum Gasteiger partial charge on any atom is -0.478 e. The van der Waals surface area contributed by atoms with Crippen LogP contribution in [-0.4, -0.2) is 18.7 Å². The van der Waals surface area contributed by atoms with Crippen molar-refractivity contribution in [1.82, 2.24) is 4.90 Å². The number of fused-ring (bicyclic) bond motifs is 1. The Hall–Kier alpha value is -1.02. The van der Waals surface area contributed by atoms with Crippen LogP contribution < -0.4 is 4.74 Å². The summed E-state index contributed by atoms with van der Waals surface area (Å²) in [4.78, 5) is 2.18. The standard InChI is InChI=1S/C13H19NO/c1-13(2,3)11-5-6-12-10(7-11)8-14(4)9-15-12/h5-7H,8-9H2,1-4H3. The van der Waals surface area contributed by atoms with Crippen LogP contribution in [0.25, 0.3) is 0 Å². The SMILES string of the molecule is CN1COc2ccc(C(C)(C)C)cc2C1. The lowest BCUT2D eigenvalue weighted by molar-refractivity contribution is 0.121. The molecule has 1 aromatic carbocycles. The van der Waals surface area contributed by atoms with Crippen molar-refractivity contribution in [2.45, 2.75) is 32.7 Å². The molecule has 0 atom stereocenters. The van der Waals surface area contributed by atoms with E-state index in [2.05, 4.69) is 50.9 Å². The second-order valence-electron chi connectivity index (χ2n) is 5.36. The number of benzene rings is 1. The second kappa shape index (κ2) is 3.53. The van der Waals surface area contributed by atoms with Crippen molar-refractivity contribution in [1.29, 1.82) is 0 Å². The lowest BCUT2D eigenvalue weighted by Crippen LogP contribution is -2.28. The van der Waals surface area contributed by atoms with Crippen LogP contribution >= 0.6 is 0 Å². The fourth-order valence-corrected chi connectivity index (χ4v) is 1.83. The van der Waals surface area contributed by atoms with E-state index >= 15 is 0 Å². The molecule has 1 heterocycles. The molecule has 2 nitrogen and oxygen atoms in total. The minimum atomic E-state index is 0.213. The summed E-state index contributed by atoms with van der Waals surface area (Å²) in [7, 11) is 2.08. The maximum absolute atomic E-state index is 5.63. The van der Waals surface area contributed by atoms with E-state index in [4.69, 9.17) is 4.74 Å². The predicted octanol–water partition coefficient (Wildman–Crippen LogP) is 2.77. The number of rotatable bonds is 0. The first kappa shape index (κ1) is 10.5. The number of hydrogen-bond acceptors (Lipinski definition) is 2. The van der Waals surface area contributed by atoms with Crippen molar-refractivity contribution in [2.24, 2.45) is 0 Å². The zero-order valence-corrected chi connectivity index (χ0v) is 10.0. The third kappa shape index (κ3) is 2.15. The van der Waals surface area contributed by atoms with E-state index in [9.17, 15) is 0 Å². The average Bonchev–Trinajstić information content (AvgIpc) is 2.15. The molecule has 1 aromatic rings. The van der Waals surface area contributed by atoms with Gasteiger partial charge in [0.1, 0.15) is 12.5 Å². The van der Waals surface area contributed by atoms with Gasteiger partial charge in [-0.25, -0.2) is 0 Å². The summed E-state index contributed by atoms with van der Waals surface area (Å²) in [5.41, 5.74) is 2.89. The molecule has 0 saturated carbocycles. The quantitative estimate of drug-likeness (QED) is 0.645. The normalized spacial score (nSPS) is 17.1. The highest BCUT2D eigenvalue weighted by Gasteiger charge is 2.19. The molecular weight excluding hydrogens is 186 g/mol. The Morgan fingerprint density at radius 2 is 2.00 bits per heavy atom. The molecule has 0 saturated heterocycles. The van der Waals surface area contributed by atoms with Crippen LogP contribution in [0.4, 0.5) is 0 Å². The van der Waals surface area contributed by atoms with E-state index in [0.29, 0.717) is 6.73 Å². The summed E-state index contributed by atoms with van der Waals surface area (Å²) in [6, 6.07) is 6.54. The molecule has 0 unspecified atom stereocenters. The monoisotopic (exact) mass is 205 g/mol. The van der Waals surface area contributed by atoms with E-state index in [1.165, 1.54) is 11.1 Å². The van der Waals surface area contributed by atoms with Crippen molar-refractivity contribution in [3.05, 3.63) is 29.3 Å². The van der Waals surface area contributed by atoms with Gasteiger partial charge in [0.25, 0.3) is 0 Å². The third-order valence-corrected chi connectivity index (χ3v) is 2.81. The van der Waals surface area contributed by atoms with Crippen LogP contribution in [0.2, 0.25) is 0 Å². The van der Waals surface area contributed by atoms with Crippen molar-refractivity contribution in [2.75, 3.05) is 13.8 Å². The molecule has 0 bridgehead atoms. The number of nitrogens with zero attached hydrogens (tertiary/aromatic N) is 1. The van der Waals surface area contributed by atoms with Crippen molar-refractivity contribution < 1.29 is 4.74 Å². The molecule has 0 spiro atoms. The van der Waals surface area contributed by atoms with Gasteiger partial charge in [-0.05, 0) is 24.1 Å². The van der Waals surface area contributed by atoms with Gasteiger partial charge in [0.2, 0.25) is 0 Å². The smallest absolute Gasteiger partial charge is 0.142 e. The fourth-order valence-electron chi connectivity index (χ4n) is 1.83. The third-order valence-electron chi connectivity index (χ3n) is 2.81. The van der Waals surface area contributed by atoms with Gasteiger partial charge in [0.15, 0.2) is 0 Å². The van der Waals surface area contributed by atoms with Crippen LogP contribution in [0.15, 0.2) is 18.2 Å². The van der Waals surface area contributed by atoms with Gasteiger partial charge >= 0.3 is 0 Å². The molecule has 0 amide bonds. The van der Waals surface area contributed by atoms with E-state index < -0.39 is 0 Å². The predicted molar refractivity (Wildman–Crippen MR) is 62.1 cm³/mol. The number of hydrogen-bond donors (Lipinski definition) is 0. The molecule has 0 radical (unpaired) electrons. The molecule has 0 aliphatic carbocycles. The van der Waals surface area contributed by atoms with Gasteiger partial charge in [-0.1, -0.05) is 32.9 Å². The Morgan fingerprint density at radius 3 is 2.67 bits per heavy atom. The topological polar surface area (TPSA) is 12.5 Å². The first-order valence-corrected chi connectivity index (χ1v) is 5.41. The highest BCUT2D eigenvalue weighted by Crippen LogP contribution is 2.30. The highest BCUT2D eigenvalue weighted by molar-refractivity contribution is 5.40. The summed E-state index contributed by atoms with van der Waals surface area (Å²) in [6.45, 7) is 8.40. The van der Waals surface area contributed by atoms with Crippen LogP contribution in [0.1, 0.15) is 31.9 Å². The van der Waals surface area contributed by atoms with Gasteiger partial charge in [0.05, 0.1) is 0 Å². The summed E-state index contributed by atoms with van der Waals surface area (Å²) in [5.74, 6) is 1.04. The van der Waals surface area contributed by atoms with Gasteiger partial charge in [0, 0.05) is 12.1 Å². The van der Waals surface area contributed by atoms with Gasteiger partial charge in [-0.15, -0.1) is 0 Å². The molecular formula is C13H19NO. The molecule has 0 fully saturated rings. The minimum absolute atomic E-state index is 0.213. The molecule has 0 N–H and O–H groups in total. The van der Waals surface area contributed by atoms with Crippen LogP contribution in [0.3, 0.4) is 0 Å². The van der Waals surface area contributed by atoms with E-state index in [-0.39, 0.29) is 5.41 Å². The summed E-state index contributed by atoms with van der Waals surface area (Å²) in [5, 5.41) is 0. The molecule has 1 aliphatic heterocycles. The molecule has 1 aliphatic rings. The van der Waals surface area contributed by atoms with Crippen molar-refractivity contribution in [3.8, 4) is 5.75 Å². The van der Waals surface area contributed by atoms with Crippen molar-refractivity contribution in [3.63, 3.8) is 0 Å². The summed E-state index contributed by atoms with van der Waals surface area (Å²) < 4.78 is 5.63. The van der Waals surface area contributed by atoms with Crippen LogP contribution in [-0.2, 0) is 12.0 Å². The molecule has 0 aromatic heterocycles. The Morgan fingerprint density at radius 1 is 1.27 bits per heavy atom. The summed E-state index contributed by atoms with van der Waals surface area (Å²) >= 11 is 0. The van der Waals surface area contributed by atoms with Gasteiger partial charge in [-0.2, -0.15) is 0 Å². The lowest BCUT2D eigenvalue weighted by Gasteiger charge is -2.28. The van der Waals surface area contributed by atoms with E-state index in [0.717, 1.165) is 12.3 Å². The van der Waals surface area contributed by atoms with Crippen LogP contribution in [0, 0.1) is 0 Å². The van der Waals surface area contributed by atoms with Gasteiger partial charge < -0.3 is 4.74 Å². The van der Waals surface area contributed by atoms with Crippen molar-refractivity contribution >= 4 is 0 Å². The first-order chi connectivity index (χ1) is 6.97. The highest BCUT2D eigenvalue weighted by atomic mass is 16.5. The maximum Gasteiger partial charge on any atom is 0.142 e. The lowest BCUT2D eigenvalue weighted by atomic mass is 9.86. The Labute approximate surface area is 91.9 Å². The van der Waals surface area contributed by atoms with E-state index in [1.807, 2.05) is 0 Å². The molecule has 2 heteroatoms. The van der Waals surface area contributed by atoms with Crippen LogP contribution in [0.5, 0.6) is 5.75 Å². The first-order valence-electron chi connectivity index (χ1n) is 5.41. The Balaban J connectivity index is 2.37. The zero-order valence-electron chi connectivity index (χ0n) is 10.0. The molecule has 82 valence electrons. The Kier molecular flexibility index (Phi) is 2.47. The average molecular weight is 205 g/mol. The largest absolute Gasteiger partial charge is 0.478 e. The van der Waals surface area contributed by atoms with Gasteiger partial charge in [-0.3, -0.25) is 4.90 Å². The molecule has 2 rings (SSSR count).